The van der Waals surface area contributed by atoms with Gasteiger partial charge < -0.3 is 15.8 Å². The number of methoxy groups -OCH3 is 1. The van der Waals surface area contributed by atoms with Gasteiger partial charge in [-0.15, -0.1) is 12.4 Å². The average Bonchev–Trinajstić information content (AvgIpc) is 2.45. The molecule has 0 bridgehead atoms. The Balaban J connectivity index is 0.00000361. The number of rotatable bonds is 6. The van der Waals surface area contributed by atoms with E-state index in [1.165, 1.54) is 0 Å². The Morgan fingerprint density at radius 2 is 2.00 bits per heavy atom. The normalized spacial score (nSPS) is 10.7. The molecule has 0 radical (unpaired) electrons. The van der Waals surface area contributed by atoms with Crippen LogP contribution in [0.25, 0.3) is 0 Å². The summed E-state index contributed by atoms with van der Waals surface area (Å²) in [6.45, 7) is 4.51. The van der Waals surface area contributed by atoms with E-state index in [1.807, 2.05) is 13.8 Å². The van der Waals surface area contributed by atoms with Crippen LogP contribution >= 0.6 is 28.3 Å². The first-order chi connectivity index (χ1) is 8.95. The van der Waals surface area contributed by atoms with Crippen molar-refractivity contribution in [3.8, 4) is 5.75 Å². The standard InChI is InChI=1S/C14H21BrN2O2.ClH/c1-4-14(16,5-2)9-17-13(18)11-8-10(19-3)6-7-12(11)15;/h6-8H,4-5,9,16H2,1-3H3,(H,17,18);1H. The maximum absolute atomic E-state index is 12.2. The monoisotopic (exact) mass is 364 g/mol. The summed E-state index contributed by atoms with van der Waals surface area (Å²) in [7, 11) is 1.57. The van der Waals surface area contributed by atoms with Crippen molar-refractivity contribution in [1.82, 2.24) is 5.32 Å². The topological polar surface area (TPSA) is 64.3 Å². The lowest BCUT2D eigenvalue weighted by molar-refractivity contribution is 0.0941. The fourth-order valence-corrected chi connectivity index (χ4v) is 2.08. The summed E-state index contributed by atoms with van der Waals surface area (Å²) < 4.78 is 5.86. The van der Waals surface area contributed by atoms with Gasteiger partial charge in [0.25, 0.3) is 5.91 Å². The maximum Gasteiger partial charge on any atom is 0.252 e. The summed E-state index contributed by atoms with van der Waals surface area (Å²) in [5, 5.41) is 2.88. The van der Waals surface area contributed by atoms with Crippen LogP contribution in [-0.4, -0.2) is 25.1 Å². The van der Waals surface area contributed by atoms with Crippen molar-refractivity contribution in [1.29, 1.82) is 0 Å². The first-order valence-electron chi connectivity index (χ1n) is 6.36. The molecule has 1 aromatic carbocycles. The Bertz CT molecular complexity index is 451. The van der Waals surface area contributed by atoms with Gasteiger partial charge in [-0.1, -0.05) is 13.8 Å². The van der Waals surface area contributed by atoms with Gasteiger partial charge in [-0.3, -0.25) is 4.79 Å². The molecular weight excluding hydrogens is 344 g/mol. The first kappa shape index (κ1) is 19.2. The molecule has 0 aliphatic heterocycles. The number of hydrogen-bond donors (Lipinski definition) is 2. The molecule has 0 saturated heterocycles. The number of nitrogens with one attached hydrogen (secondary N) is 1. The van der Waals surface area contributed by atoms with Crippen molar-refractivity contribution >= 4 is 34.2 Å². The summed E-state index contributed by atoms with van der Waals surface area (Å²) in [6, 6.07) is 5.30. The number of halogens is 2. The molecule has 4 nitrogen and oxygen atoms in total. The highest BCUT2D eigenvalue weighted by atomic mass is 79.9. The first-order valence-corrected chi connectivity index (χ1v) is 7.15. The minimum atomic E-state index is -0.346. The Labute approximate surface area is 135 Å². The van der Waals surface area contributed by atoms with Crippen LogP contribution in [0.4, 0.5) is 0 Å². The molecule has 0 heterocycles. The number of hydrogen-bond acceptors (Lipinski definition) is 3. The van der Waals surface area contributed by atoms with Crippen molar-refractivity contribution in [2.45, 2.75) is 32.2 Å². The number of carbonyl (C=O) groups excluding carboxylic acids is 1. The molecule has 0 aliphatic carbocycles. The molecule has 1 amide bonds. The molecule has 0 fully saturated rings. The van der Waals surface area contributed by atoms with Gasteiger partial charge in [-0.2, -0.15) is 0 Å². The van der Waals surface area contributed by atoms with Gasteiger partial charge in [-0.05, 0) is 47.0 Å². The Kier molecular flexibility index (Phi) is 8.16. The molecule has 0 aliphatic rings. The van der Waals surface area contributed by atoms with Crippen LogP contribution in [0.1, 0.15) is 37.0 Å². The smallest absolute Gasteiger partial charge is 0.252 e. The summed E-state index contributed by atoms with van der Waals surface area (Å²) in [5.74, 6) is 0.501. The molecule has 0 spiro atoms. The molecule has 20 heavy (non-hydrogen) atoms. The minimum Gasteiger partial charge on any atom is -0.497 e. The van der Waals surface area contributed by atoms with Crippen LogP contribution < -0.4 is 15.8 Å². The lowest BCUT2D eigenvalue weighted by Gasteiger charge is -2.26. The summed E-state index contributed by atoms with van der Waals surface area (Å²) in [6.07, 6.45) is 1.64. The van der Waals surface area contributed by atoms with Gasteiger partial charge in [0.2, 0.25) is 0 Å². The Hall–Kier alpha value is -0.780. The Morgan fingerprint density at radius 1 is 1.40 bits per heavy atom. The largest absolute Gasteiger partial charge is 0.497 e. The van der Waals surface area contributed by atoms with Gasteiger partial charge >= 0.3 is 0 Å². The maximum atomic E-state index is 12.2. The van der Waals surface area contributed by atoms with E-state index in [0.717, 1.165) is 17.3 Å². The van der Waals surface area contributed by atoms with Crippen LogP contribution in [0.5, 0.6) is 5.75 Å². The second kappa shape index (κ2) is 8.49. The zero-order chi connectivity index (χ0) is 14.5. The molecule has 3 N–H and O–H groups in total. The average molecular weight is 366 g/mol. The van der Waals surface area contributed by atoms with Crippen molar-refractivity contribution in [3.05, 3.63) is 28.2 Å². The third-order valence-electron chi connectivity index (χ3n) is 3.43. The summed E-state index contributed by atoms with van der Waals surface area (Å²) in [4.78, 5) is 12.2. The van der Waals surface area contributed by atoms with Gasteiger partial charge in [0.05, 0.1) is 12.7 Å². The van der Waals surface area contributed by atoms with Crippen LogP contribution in [0.2, 0.25) is 0 Å². The van der Waals surface area contributed by atoms with Crippen molar-refractivity contribution in [2.24, 2.45) is 5.73 Å². The van der Waals surface area contributed by atoms with Gasteiger partial charge in [0, 0.05) is 16.6 Å². The predicted molar refractivity (Wildman–Crippen MR) is 87.8 cm³/mol. The van der Waals surface area contributed by atoms with E-state index in [1.54, 1.807) is 25.3 Å². The van der Waals surface area contributed by atoms with Crippen LogP contribution in [0, 0.1) is 0 Å². The molecule has 1 rings (SSSR count). The molecule has 114 valence electrons. The number of benzene rings is 1. The van der Waals surface area contributed by atoms with Gasteiger partial charge in [0.15, 0.2) is 0 Å². The molecule has 0 unspecified atom stereocenters. The third-order valence-corrected chi connectivity index (χ3v) is 4.12. The second-order valence-electron chi connectivity index (χ2n) is 4.60. The van der Waals surface area contributed by atoms with E-state index in [4.69, 9.17) is 10.5 Å². The highest BCUT2D eigenvalue weighted by molar-refractivity contribution is 9.10. The molecule has 0 saturated carbocycles. The fourth-order valence-electron chi connectivity index (χ4n) is 1.66. The number of ether oxygens (including phenoxy) is 1. The van der Waals surface area contributed by atoms with Gasteiger partial charge in [-0.25, -0.2) is 0 Å². The van der Waals surface area contributed by atoms with Gasteiger partial charge in [0.1, 0.15) is 5.75 Å². The zero-order valence-corrected chi connectivity index (χ0v) is 14.4. The fraction of sp³-hybridized carbons (Fsp3) is 0.500. The van der Waals surface area contributed by atoms with Crippen LogP contribution in [-0.2, 0) is 0 Å². The lowest BCUT2D eigenvalue weighted by atomic mass is 9.94. The van der Waals surface area contributed by atoms with E-state index in [9.17, 15) is 4.79 Å². The lowest BCUT2D eigenvalue weighted by Crippen LogP contribution is -2.49. The van der Waals surface area contributed by atoms with E-state index in [2.05, 4.69) is 21.2 Å². The zero-order valence-electron chi connectivity index (χ0n) is 12.0. The van der Waals surface area contributed by atoms with E-state index in [0.29, 0.717) is 17.9 Å². The van der Waals surface area contributed by atoms with E-state index >= 15 is 0 Å². The molecular formula is C14H22BrClN2O2. The van der Waals surface area contributed by atoms with Crippen molar-refractivity contribution in [3.63, 3.8) is 0 Å². The quantitative estimate of drug-likeness (QED) is 0.814. The number of amides is 1. The minimum absolute atomic E-state index is 0. The summed E-state index contributed by atoms with van der Waals surface area (Å²) >= 11 is 3.37. The SMILES string of the molecule is CCC(N)(CC)CNC(=O)c1cc(OC)ccc1Br.Cl. The number of nitrogens with two attached hydrogens (primary N) is 1. The predicted octanol–water partition coefficient (Wildman–Crippen LogP) is 3.13. The second-order valence-corrected chi connectivity index (χ2v) is 5.45. The molecule has 6 heteroatoms. The highest BCUT2D eigenvalue weighted by Gasteiger charge is 2.22. The van der Waals surface area contributed by atoms with Crippen molar-refractivity contribution in [2.75, 3.05) is 13.7 Å². The molecule has 0 atom stereocenters. The van der Waals surface area contributed by atoms with E-state index < -0.39 is 0 Å². The van der Waals surface area contributed by atoms with Crippen molar-refractivity contribution < 1.29 is 9.53 Å². The van der Waals surface area contributed by atoms with E-state index in [-0.39, 0.29) is 23.9 Å². The third kappa shape index (κ3) is 4.96. The van der Waals surface area contributed by atoms with Crippen LogP contribution in [0.15, 0.2) is 22.7 Å². The number of carbonyl (C=O) groups is 1. The van der Waals surface area contributed by atoms with Crippen LogP contribution in [0.3, 0.4) is 0 Å². The molecule has 1 aromatic rings. The highest BCUT2D eigenvalue weighted by Crippen LogP contribution is 2.22. The Morgan fingerprint density at radius 3 is 2.50 bits per heavy atom. The summed E-state index contributed by atoms with van der Waals surface area (Å²) in [5.41, 5.74) is 6.37. The molecule has 0 aromatic heterocycles.